The molecule has 1 rings (SSSR count). The first-order valence-corrected chi connectivity index (χ1v) is 4.49. The Morgan fingerprint density at radius 1 is 1.36 bits per heavy atom. The summed E-state index contributed by atoms with van der Waals surface area (Å²) in [4.78, 5) is 0. The predicted octanol–water partition coefficient (Wildman–Crippen LogP) is 2.78. The Balaban J connectivity index is 2.35. The lowest BCUT2D eigenvalue weighted by Gasteiger charge is -2.11. The lowest BCUT2D eigenvalue weighted by atomic mass is 10.4. The zero-order valence-electron chi connectivity index (χ0n) is 6.02. The van der Waals surface area contributed by atoms with Crippen molar-refractivity contribution in [3.05, 3.63) is 0 Å². The number of nitriles is 1. The fraction of sp³-hybridized carbons (Fsp3) is 0.857. The highest BCUT2D eigenvalue weighted by atomic mass is 32.2. The first-order valence-electron chi connectivity index (χ1n) is 3.61. The van der Waals surface area contributed by atoms with Crippen LogP contribution in [0, 0.1) is 11.3 Å². The van der Waals surface area contributed by atoms with Crippen molar-refractivity contribution in [3.8, 4) is 6.07 Å². The van der Waals surface area contributed by atoms with E-state index >= 15 is 0 Å². The molecule has 1 aliphatic rings. The average Bonchev–Trinajstić information content (AvgIpc) is 2.39. The van der Waals surface area contributed by atoms with Crippen molar-refractivity contribution in [2.75, 3.05) is 0 Å². The maximum Gasteiger partial charge on any atom is 0.380 e. The van der Waals surface area contributed by atoms with Crippen molar-refractivity contribution in [3.63, 3.8) is 0 Å². The van der Waals surface area contributed by atoms with Gasteiger partial charge < -0.3 is 0 Å². The molecule has 4 heteroatoms. The van der Waals surface area contributed by atoms with Gasteiger partial charge in [-0.1, -0.05) is 24.6 Å². The van der Waals surface area contributed by atoms with Gasteiger partial charge in [0.05, 0.1) is 0 Å². The normalized spacial score (nSPS) is 20.1. The minimum atomic E-state index is -3.17. The molecule has 0 radical (unpaired) electrons. The van der Waals surface area contributed by atoms with Crippen LogP contribution in [0.4, 0.5) is 8.78 Å². The summed E-state index contributed by atoms with van der Waals surface area (Å²) in [7, 11) is 0. The van der Waals surface area contributed by atoms with Gasteiger partial charge >= 0.3 is 5.25 Å². The van der Waals surface area contributed by atoms with Crippen molar-refractivity contribution in [2.45, 2.75) is 36.2 Å². The van der Waals surface area contributed by atoms with Crippen LogP contribution in [0.25, 0.3) is 0 Å². The summed E-state index contributed by atoms with van der Waals surface area (Å²) >= 11 is 0.515. The summed E-state index contributed by atoms with van der Waals surface area (Å²) in [5.41, 5.74) is 0. The van der Waals surface area contributed by atoms with Gasteiger partial charge in [-0.25, -0.2) is 0 Å². The van der Waals surface area contributed by atoms with Crippen LogP contribution in [0.1, 0.15) is 25.7 Å². The molecule has 1 aliphatic carbocycles. The maximum atomic E-state index is 12.4. The molecular formula is C7H9F2NS. The number of halogens is 2. The largest absolute Gasteiger partial charge is 0.380 e. The molecule has 0 aromatic rings. The summed E-state index contributed by atoms with van der Waals surface area (Å²) < 4.78 is 24.8. The van der Waals surface area contributed by atoms with Gasteiger partial charge in [0.25, 0.3) is 0 Å². The van der Waals surface area contributed by atoms with E-state index in [0.29, 0.717) is 11.8 Å². The molecule has 0 heterocycles. The van der Waals surface area contributed by atoms with Gasteiger partial charge in [-0.15, -0.1) is 0 Å². The van der Waals surface area contributed by atoms with Gasteiger partial charge in [-0.05, 0) is 12.8 Å². The van der Waals surface area contributed by atoms with E-state index in [-0.39, 0.29) is 5.25 Å². The van der Waals surface area contributed by atoms with Crippen molar-refractivity contribution in [2.24, 2.45) is 0 Å². The molecule has 0 aromatic heterocycles. The molecule has 0 bridgehead atoms. The van der Waals surface area contributed by atoms with Gasteiger partial charge in [0.1, 0.15) is 0 Å². The standard InChI is InChI=1S/C7H9F2NS/c8-7(9,5-10)11-6-3-1-2-4-6/h6H,1-4H2. The lowest BCUT2D eigenvalue weighted by molar-refractivity contribution is 0.170. The molecule has 0 aromatic carbocycles. The minimum absolute atomic E-state index is 0.00431. The van der Waals surface area contributed by atoms with E-state index < -0.39 is 5.25 Å². The van der Waals surface area contributed by atoms with Crippen LogP contribution in [0.3, 0.4) is 0 Å². The molecule has 0 atom stereocenters. The van der Waals surface area contributed by atoms with Crippen LogP contribution in [0.2, 0.25) is 0 Å². The molecule has 1 saturated carbocycles. The molecule has 0 aliphatic heterocycles. The molecule has 1 fully saturated rings. The Labute approximate surface area is 68.8 Å². The van der Waals surface area contributed by atoms with E-state index in [1.807, 2.05) is 0 Å². The van der Waals surface area contributed by atoms with Gasteiger partial charge in [0.2, 0.25) is 0 Å². The highest BCUT2D eigenvalue weighted by molar-refractivity contribution is 8.01. The monoisotopic (exact) mass is 177 g/mol. The van der Waals surface area contributed by atoms with Crippen molar-refractivity contribution >= 4 is 11.8 Å². The third-order valence-electron chi connectivity index (χ3n) is 1.75. The van der Waals surface area contributed by atoms with E-state index in [0.717, 1.165) is 31.8 Å². The number of nitrogens with zero attached hydrogens (tertiary/aromatic N) is 1. The lowest BCUT2D eigenvalue weighted by Crippen LogP contribution is -2.11. The Bertz CT molecular complexity index is 170. The summed E-state index contributed by atoms with van der Waals surface area (Å²) in [5, 5.41) is 4.87. The van der Waals surface area contributed by atoms with Crippen molar-refractivity contribution in [1.82, 2.24) is 0 Å². The van der Waals surface area contributed by atoms with Crippen LogP contribution < -0.4 is 0 Å². The molecule has 0 N–H and O–H groups in total. The highest BCUT2D eigenvalue weighted by Crippen LogP contribution is 2.39. The molecule has 0 amide bonds. The number of thioether (sulfide) groups is 1. The van der Waals surface area contributed by atoms with Gasteiger partial charge in [0.15, 0.2) is 6.07 Å². The summed E-state index contributed by atoms with van der Waals surface area (Å²) in [6.45, 7) is 0. The number of rotatable bonds is 2. The zero-order chi connectivity index (χ0) is 8.32. The van der Waals surface area contributed by atoms with E-state index in [4.69, 9.17) is 5.26 Å². The molecule has 11 heavy (non-hydrogen) atoms. The zero-order valence-corrected chi connectivity index (χ0v) is 6.83. The second-order valence-electron chi connectivity index (χ2n) is 2.65. The SMILES string of the molecule is N#CC(F)(F)SC1CCCC1. The van der Waals surface area contributed by atoms with Crippen LogP contribution in [0.15, 0.2) is 0 Å². The molecule has 0 spiro atoms. The Kier molecular flexibility index (Phi) is 2.72. The van der Waals surface area contributed by atoms with Gasteiger partial charge in [-0.3, -0.25) is 0 Å². The Morgan fingerprint density at radius 2 is 1.91 bits per heavy atom. The first-order chi connectivity index (χ1) is 5.14. The van der Waals surface area contributed by atoms with Crippen LogP contribution in [-0.4, -0.2) is 10.5 Å². The van der Waals surface area contributed by atoms with Crippen LogP contribution in [-0.2, 0) is 0 Å². The molecule has 62 valence electrons. The number of hydrogen-bond donors (Lipinski definition) is 0. The summed E-state index contributed by atoms with van der Waals surface area (Å²) in [5.74, 6) is 0. The van der Waals surface area contributed by atoms with E-state index in [2.05, 4.69) is 0 Å². The topological polar surface area (TPSA) is 23.8 Å². The quantitative estimate of drug-likeness (QED) is 0.647. The smallest absolute Gasteiger partial charge is 0.191 e. The van der Waals surface area contributed by atoms with Crippen LogP contribution in [0.5, 0.6) is 0 Å². The first kappa shape index (κ1) is 8.79. The number of hydrogen-bond acceptors (Lipinski definition) is 2. The molecule has 1 nitrogen and oxygen atoms in total. The van der Waals surface area contributed by atoms with E-state index in [1.54, 1.807) is 0 Å². The van der Waals surface area contributed by atoms with E-state index in [1.165, 1.54) is 0 Å². The third-order valence-corrected chi connectivity index (χ3v) is 2.94. The predicted molar refractivity (Wildman–Crippen MR) is 40.4 cm³/mol. The molecule has 0 unspecified atom stereocenters. The van der Waals surface area contributed by atoms with Gasteiger partial charge in [-0.2, -0.15) is 14.0 Å². The maximum absolute atomic E-state index is 12.4. The summed E-state index contributed by atoms with van der Waals surface area (Å²) in [6.07, 6.45) is 3.72. The Morgan fingerprint density at radius 3 is 2.36 bits per heavy atom. The Hall–Kier alpha value is -0.300. The second kappa shape index (κ2) is 3.40. The van der Waals surface area contributed by atoms with Crippen molar-refractivity contribution < 1.29 is 8.78 Å². The minimum Gasteiger partial charge on any atom is -0.191 e. The molecule has 0 saturated heterocycles. The highest BCUT2D eigenvalue weighted by Gasteiger charge is 2.34. The number of alkyl halides is 2. The summed E-state index contributed by atoms with van der Waals surface area (Å²) in [6, 6.07) is 0.998. The fourth-order valence-corrected chi connectivity index (χ4v) is 2.28. The third kappa shape index (κ3) is 2.66. The van der Waals surface area contributed by atoms with Gasteiger partial charge in [0, 0.05) is 5.25 Å². The fourth-order valence-electron chi connectivity index (χ4n) is 1.24. The van der Waals surface area contributed by atoms with Crippen molar-refractivity contribution in [1.29, 1.82) is 5.26 Å². The molecular weight excluding hydrogens is 168 g/mol. The van der Waals surface area contributed by atoms with E-state index in [9.17, 15) is 8.78 Å². The van der Waals surface area contributed by atoms with Crippen LogP contribution >= 0.6 is 11.8 Å². The second-order valence-corrected chi connectivity index (χ2v) is 4.07. The average molecular weight is 177 g/mol.